The minimum atomic E-state index is -0.328. The highest BCUT2D eigenvalue weighted by molar-refractivity contribution is 5.90. The summed E-state index contributed by atoms with van der Waals surface area (Å²) < 4.78 is 4.64. The molecule has 0 radical (unpaired) electrons. The summed E-state index contributed by atoms with van der Waals surface area (Å²) in [6.07, 6.45) is 0.747. The van der Waals surface area contributed by atoms with Gasteiger partial charge in [0.2, 0.25) is 0 Å². The summed E-state index contributed by atoms with van der Waals surface area (Å²) in [7, 11) is 1.37. The van der Waals surface area contributed by atoms with Crippen LogP contribution in [0.2, 0.25) is 0 Å². The molecule has 4 nitrogen and oxygen atoms in total. The maximum absolute atomic E-state index is 11.3. The average Bonchev–Trinajstić information content (AvgIpc) is 2.69. The Hall–Kier alpha value is -1.55. The fourth-order valence-electron chi connectivity index (χ4n) is 1.79. The molecule has 0 unspecified atom stereocenters. The van der Waals surface area contributed by atoms with Crippen LogP contribution in [-0.4, -0.2) is 30.8 Å². The molecule has 2 rings (SSSR count). The summed E-state index contributed by atoms with van der Waals surface area (Å²) in [5.74, 6) is -0.328. The van der Waals surface area contributed by atoms with E-state index in [9.17, 15) is 4.79 Å². The third kappa shape index (κ3) is 1.80. The predicted octanol–water partition coefficient (Wildman–Crippen LogP) is 0.802. The molecule has 2 N–H and O–H groups in total. The first-order valence-corrected chi connectivity index (χ1v) is 4.83. The van der Waals surface area contributed by atoms with Gasteiger partial charge < -0.3 is 15.2 Å². The second-order valence-corrected chi connectivity index (χ2v) is 3.59. The Morgan fingerprint density at radius 3 is 3.13 bits per heavy atom. The molecular formula is C11H13NO3. The number of methoxy groups -OCH3 is 1. The number of fused-ring (bicyclic) bond motifs is 1. The molecule has 1 aliphatic heterocycles. The molecule has 1 aromatic rings. The molecule has 0 bridgehead atoms. The van der Waals surface area contributed by atoms with E-state index in [2.05, 4.69) is 10.1 Å². The molecule has 15 heavy (non-hydrogen) atoms. The maximum atomic E-state index is 11.3. The Morgan fingerprint density at radius 1 is 1.67 bits per heavy atom. The molecule has 1 atom stereocenters. The van der Waals surface area contributed by atoms with E-state index in [1.807, 2.05) is 12.1 Å². The molecule has 0 spiro atoms. The van der Waals surface area contributed by atoms with Crippen molar-refractivity contribution in [3.63, 3.8) is 0 Å². The third-order valence-corrected chi connectivity index (χ3v) is 2.57. The molecule has 1 heterocycles. The zero-order chi connectivity index (χ0) is 10.8. The highest BCUT2D eigenvalue weighted by Crippen LogP contribution is 2.26. The summed E-state index contributed by atoms with van der Waals surface area (Å²) in [5.41, 5.74) is 2.59. The van der Waals surface area contributed by atoms with Gasteiger partial charge in [0.1, 0.15) is 0 Å². The third-order valence-electron chi connectivity index (χ3n) is 2.57. The zero-order valence-electron chi connectivity index (χ0n) is 8.49. The van der Waals surface area contributed by atoms with Crippen LogP contribution in [0.15, 0.2) is 18.2 Å². The average molecular weight is 207 g/mol. The Kier molecular flexibility index (Phi) is 2.60. The van der Waals surface area contributed by atoms with Gasteiger partial charge in [0.15, 0.2) is 0 Å². The minimum absolute atomic E-state index is 0.0629. The lowest BCUT2D eigenvalue weighted by molar-refractivity contribution is 0.0600. The Bertz CT molecular complexity index is 389. The van der Waals surface area contributed by atoms with E-state index in [4.69, 9.17) is 5.11 Å². The lowest BCUT2D eigenvalue weighted by Crippen LogP contribution is -2.19. The number of benzene rings is 1. The summed E-state index contributed by atoms with van der Waals surface area (Å²) in [4.78, 5) is 11.3. The van der Waals surface area contributed by atoms with Gasteiger partial charge in [-0.1, -0.05) is 0 Å². The van der Waals surface area contributed by atoms with Crippen molar-refractivity contribution in [3.8, 4) is 0 Å². The lowest BCUT2D eigenvalue weighted by Gasteiger charge is -2.05. The normalized spacial score (nSPS) is 18.1. The second kappa shape index (κ2) is 3.90. The van der Waals surface area contributed by atoms with Gasteiger partial charge in [-0.05, 0) is 30.2 Å². The van der Waals surface area contributed by atoms with Gasteiger partial charge >= 0.3 is 5.97 Å². The van der Waals surface area contributed by atoms with Crippen LogP contribution in [0.5, 0.6) is 0 Å². The van der Waals surface area contributed by atoms with Crippen molar-refractivity contribution in [1.82, 2.24) is 0 Å². The van der Waals surface area contributed by atoms with Gasteiger partial charge in [0.25, 0.3) is 0 Å². The zero-order valence-corrected chi connectivity index (χ0v) is 8.49. The quantitative estimate of drug-likeness (QED) is 0.704. The SMILES string of the molecule is COC(=O)c1ccc2c(c1)C[C@@H](CO)N2. The number of ether oxygens (including phenoxy) is 1. The number of carbonyl (C=O) groups is 1. The van der Waals surface area contributed by atoms with E-state index in [0.717, 1.165) is 17.7 Å². The molecule has 0 saturated heterocycles. The first-order valence-electron chi connectivity index (χ1n) is 4.83. The van der Waals surface area contributed by atoms with Crippen LogP contribution in [0.25, 0.3) is 0 Å². The van der Waals surface area contributed by atoms with E-state index >= 15 is 0 Å². The van der Waals surface area contributed by atoms with E-state index in [0.29, 0.717) is 5.56 Å². The van der Waals surface area contributed by atoms with Gasteiger partial charge in [-0.3, -0.25) is 0 Å². The number of anilines is 1. The van der Waals surface area contributed by atoms with Crippen LogP contribution >= 0.6 is 0 Å². The lowest BCUT2D eigenvalue weighted by atomic mass is 10.1. The molecule has 0 fully saturated rings. The van der Waals surface area contributed by atoms with Crippen molar-refractivity contribution in [2.75, 3.05) is 19.0 Å². The molecule has 1 aliphatic rings. The van der Waals surface area contributed by atoms with Crippen molar-refractivity contribution >= 4 is 11.7 Å². The Morgan fingerprint density at radius 2 is 2.47 bits per heavy atom. The van der Waals surface area contributed by atoms with Gasteiger partial charge in [-0.15, -0.1) is 0 Å². The summed E-state index contributed by atoms with van der Waals surface area (Å²) in [6, 6.07) is 5.44. The second-order valence-electron chi connectivity index (χ2n) is 3.59. The molecule has 0 aromatic heterocycles. The van der Waals surface area contributed by atoms with Crippen LogP contribution in [0.1, 0.15) is 15.9 Å². The van der Waals surface area contributed by atoms with Gasteiger partial charge in [-0.25, -0.2) is 4.79 Å². The first-order chi connectivity index (χ1) is 7.24. The molecular weight excluding hydrogens is 194 g/mol. The molecule has 0 aliphatic carbocycles. The summed E-state index contributed by atoms with van der Waals surface area (Å²) in [6.45, 7) is 0.0994. The van der Waals surface area contributed by atoms with Crippen molar-refractivity contribution in [3.05, 3.63) is 29.3 Å². The molecule has 0 saturated carbocycles. The van der Waals surface area contributed by atoms with Crippen molar-refractivity contribution < 1.29 is 14.6 Å². The van der Waals surface area contributed by atoms with Crippen LogP contribution in [0.3, 0.4) is 0 Å². The standard InChI is InChI=1S/C11H13NO3/c1-15-11(14)7-2-3-10-8(4-7)5-9(6-13)12-10/h2-4,9,12-13H,5-6H2,1H3/t9-/m0/s1. The van der Waals surface area contributed by atoms with E-state index in [1.54, 1.807) is 6.07 Å². The Balaban J connectivity index is 2.26. The molecule has 80 valence electrons. The van der Waals surface area contributed by atoms with E-state index in [-0.39, 0.29) is 18.6 Å². The number of nitrogens with one attached hydrogen (secondary N) is 1. The fraction of sp³-hybridized carbons (Fsp3) is 0.364. The predicted molar refractivity (Wildman–Crippen MR) is 56.0 cm³/mol. The van der Waals surface area contributed by atoms with Gasteiger partial charge in [-0.2, -0.15) is 0 Å². The number of aliphatic hydroxyl groups is 1. The minimum Gasteiger partial charge on any atom is -0.465 e. The summed E-state index contributed by atoms with van der Waals surface area (Å²) >= 11 is 0. The highest BCUT2D eigenvalue weighted by Gasteiger charge is 2.20. The Labute approximate surface area is 87.9 Å². The fourth-order valence-corrected chi connectivity index (χ4v) is 1.79. The largest absolute Gasteiger partial charge is 0.465 e. The topological polar surface area (TPSA) is 58.6 Å². The summed E-state index contributed by atoms with van der Waals surface area (Å²) in [5, 5.41) is 12.2. The number of hydrogen-bond acceptors (Lipinski definition) is 4. The number of aliphatic hydroxyl groups excluding tert-OH is 1. The molecule has 1 aromatic carbocycles. The highest BCUT2D eigenvalue weighted by atomic mass is 16.5. The van der Waals surface area contributed by atoms with Crippen LogP contribution in [0, 0.1) is 0 Å². The first kappa shape index (κ1) is 9.98. The van der Waals surface area contributed by atoms with Crippen LogP contribution in [-0.2, 0) is 11.2 Å². The molecule has 0 amide bonds. The van der Waals surface area contributed by atoms with Crippen molar-refractivity contribution in [1.29, 1.82) is 0 Å². The van der Waals surface area contributed by atoms with E-state index in [1.165, 1.54) is 7.11 Å². The smallest absolute Gasteiger partial charge is 0.337 e. The van der Waals surface area contributed by atoms with Crippen molar-refractivity contribution in [2.45, 2.75) is 12.5 Å². The number of hydrogen-bond donors (Lipinski definition) is 2. The monoisotopic (exact) mass is 207 g/mol. The number of rotatable bonds is 2. The van der Waals surface area contributed by atoms with Gasteiger partial charge in [0, 0.05) is 5.69 Å². The number of carbonyl (C=O) groups excluding carboxylic acids is 1. The van der Waals surface area contributed by atoms with E-state index < -0.39 is 0 Å². The van der Waals surface area contributed by atoms with Crippen LogP contribution < -0.4 is 5.32 Å². The van der Waals surface area contributed by atoms with Crippen molar-refractivity contribution in [2.24, 2.45) is 0 Å². The number of esters is 1. The maximum Gasteiger partial charge on any atom is 0.337 e. The van der Waals surface area contributed by atoms with Gasteiger partial charge in [0.05, 0.1) is 25.3 Å². The molecule has 4 heteroatoms. The van der Waals surface area contributed by atoms with Crippen LogP contribution in [0.4, 0.5) is 5.69 Å².